The zero-order chi connectivity index (χ0) is 9.97. The second-order valence-corrected chi connectivity index (χ2v) is 3.77. The van der Waals surface area contributed by atoms with Gasteiger partial charge in [-0.15, -0.1) is 0 Å². The SMILES string of the molecule is COc1ccc(C(O)C2CCC2)cn1. The summed E-state index contributed by atoms with van der Waals surface area (Å²) in [7, 11) is 1.59. The third-order valence-electron chi connectivity index (χ3n) is 2.91. The van der Waals surface area contributed by atoms with E-state index in [1.54, 1.807) is 19.4 Å². The van der Waals surface area contributed by atoms with Crippen LogP contribution in [0.1, 0.15) is 30.9 Å². The van der Waals surface area contributed by atoms with Crippen LogP contribution in [0.4, 0.5) is 0 Å². The van der Waals surface area contributed by atoms with Crippen LogP contribution in [0.5, 0.6) is 5.88 Å². The van der Waals surface area contributed by atoms with Crippen LogP contribution in [-0.4, -0.2) is 17.2 Å². The van der Waals surface area contributed by atoms with Gasteiger partial charge in [-0.1, -0.05) is 6.42 Å². The van der Waals surface area contributed by atoms with Crippen molar-refractivity contribution in [3.8, 4) is 5.88 Å². The van der Waals surface area contributed by atoms with Crippen molar-refractivity contribution in [1.82, 2.24) is 4.98 Å². The Labute approximate surface area is 83.7 Å². The Bertz CT molecular complexity index is 293. The Hall–Kier alpha value is -1.09. The molecule has 14 heavy (non-hydrogen) atoms. The van der Waals surface area contributed by atoms with Gasteiger partial charge in [0.05, 0.1) is 13.2 Å². The highest BCUT2D eigenvalue weighted by Crippen LogP contribution is 2.37. The standard InChI is InChI=1S/C11H15NO2/c1-14-10-6-5-9(7-12-10)11(13)8-3-2-4-8/h5-8,11,13H,2-4H2,1H3. The molecule has 1 aromatic heterocycles. The molecule has 1 saturated carbocycles. The van der Waals surface area contributed by atoms with E-state index in [0.29, 0.717) is 11.8 Å². The lowest BCUT2D eigenvalue weighted by molar-refractivity contribution is 0.0617. The second kappa shape index (κ2) is 3.96. The topological polar surface area (TPSA) is 42.4 Å². The molecular weight excluding hydrogens is 178 g/mol. The fourth-order valence-electron chi connectivity index (χ4n) is 1.72. The van der Waals surface area contributed by atoms with Crippen LogP contribution in [0.3, 0.4) is 0 Å². The van der Waals surface area contributed by atoms with Crippen molar-refractivity contribution in [2.24, 2.45) is 5.92 Å². The van der Waals surface area contributed by atoms with Gasteiger partial charge in [0.2, 0.25) is 5.88 Å². The predicted molar refractivity (Wildman–Crippen MR) is 53.1 cm³/mol. The minimum Gasteiger partial charge on any atom is -0.481 e. The first-order valence-electron chi connectivity index (χ1n) is 4.99. The summed E-state index contributed by atoms with van der Waals surface area (Å²) in [5.74, 6) is 1.03. The van der Waals surface area contributed by atoms with Gasteiger partial charge in [0.15, 0.2) is 0 Å². The van der Waals surface area contributed by atoms with Gasteiger partial charge in [0.25, 0.3) is 0 Å². The molecule has 1 aliphatic rings. The summed E-state index contributed by atoms with van der Waals surface area (Å²) in [6, 6.07) is 3.67. The molecule has 1 atom stereocenters. The number of nitrogens with zero attached hydrogens (tertiary/aromatic N) is 1. The maximum absolute atomic E-state index is 9.92. The highest BCUT2D eigenvalue weighted by molar-refractivity contribution is 5.20. The number of hydrogen-bond acceptors (Lipinski definition) is 3. The van der Waals surface area contributed by atoms with Crippen molar-refractivity contribution in [1.29, 1.82) is 0 Å². The van der Waals surface area contributed by atoms with Gasteiger partial charge >= 0.3 is 0 Å². The normalized spacial score (nSPS) is 18.7. The molecule has 1 N–H and O–H groups in total. The van der Waals surface area contributed by atoms with Gasteiger partial charge in [-0.05, 0) is 30.4 Å². The zero-order valence-corrected chi connectivity index (χ0v) is 8.31. The van der Waals surface area contributed by atoms with E-state index >= 15 is 0 Å². The fraction of sp³-hybridized carbons (Fsp3) is 0.545. The van der Waals surface area contributed by atoms with Crippen LogP contribution < -0.4 is 4.74 Å². The molecule has 1 heterocycles. The average Bonchev–Trinajstić information content (AvgIpc) is 2.15. The van der Waals surface area contributed by atoms with Crippen molar-refractivity contribution in [3.63, 3.8) is 0 Å². The molecule has 2 rings (SSSR count). The summed E-state index contributed by atoms with van der Waals surface area (Å²) in [5, 5.41) is 9.92. The van der Waals surface area contributed by atoms with Gasteiger partial charge in [0, 0.05) is 12.3 Å². The molecule has 0 bridgehead atoms. The number of aliphatic hydroxyl groups excluding tert-OH is 1. The van der Waals surface area contributed by atoms with Crippen molar-refractivity contribution in [2.45, 2.75) is 25.4 Å². The fourth-order valence-corrected chi connectivity index (χ4v) is 1.72. The van der Waals surface area contributed by atoms with Gasteiger partial charge in [-0.3, -0.25) is 0 Å². The van der Waals surface area contributed by atoms with Gasteiger partial charge in [-0.2, -0.15) is 0 Å². The second-order valence-electron chi connectivity index (χ2n) is 3.77. The summed E-state index contributed by atoms with van der Waals surface area (Å²) in [4.78, 5) is 4.08. The molecule has 3 heteroatoms. The number of methoxy groups -OCH3 is 1. The molecule has 0 saturated heterocycles. The number of pyridine rings is 1. The average molecular weight is 193 g/mol. The van der Waals surface area contributed by atoms with E-state index in [1.807, 2.05) is 6.07 Å². The Kier molecular flexibility index (Phi) is 2.68. The van der Waals surface area contributed by atoms with Crippen molar-refractivity contribution in [2.75, 3.05) is 7.11 Å². The van der Waals surface area contributed by atoms with E-state index in [-0.39, 0.29) is 6.10 Å². The van der Waals surface area contributed by atoms with Crippen LogP contribution in [0.25, 0.3) is 0 Å². The maximum atomic E-state index is 9.92. The lowest BCUT2D eigenvalue weighted by Crippen LogP contribution is -2.20. The molecule has 0 spiro atoms. The first kappa shape index (κ1) is 9.46. The lowest BCUT2D eigenvalue weighted by atomic mass is 9.79. The van der Waals surface area contributed by atoms with Crippen LogP contribution in [0.2, 0.25) is 0 Å². The van der Waals surface area contributed by atoms with Crippen molar-refractivity contribution < 1.29 is 9.84 Å². The third-order valence-corrected chi connectivity index (χ3v) is 2.91. The Balaban J connectivity index is 2.07. The van der Waals surface area contributed by atoms with Gasteiger partial charge in [-0.25, -0.2) is 4.98 Å². The summed E-state index contributed by atoms with van der Waals surface area (Å²) < 4.78 is 4.96. The van der Waals surface area contributed by atoms with Crippen molar-refractivity contribution >= 4 is 0 Å². The predicted octanol–water partition coefficient (Wildman–Crippen LogP) is 1.92. The van der Waals surface area contributed by atoms with E-state index in [0.717, 1.165) is 18.4 Å². The molecule has 0 aliphatic heterocycles. The number of rotatable bonds is 3. The van der Waals surface area contributed by atoms with E-state index in [9.17, 15) is 5.11 Å². The van der Waals surface area contributed by atoms with E-state index in [2.05, 4.69) is 4.98 Å². The molecule has 76 valence electrons. The number of ether oxygens (including phenoxy) is 1. The van der Waals surface area contributed by atoms with Crippen LogP contribution in [-0.2, 0) is 0 Å². The van der Waals surface area contributed by atoms with E-state index < -0.39 is 0 Å². The minimum absolute atomic E-state index is 0.345. The van der Waals surface area contributed by atoms with E-state index in [4.69, 9.17) is 4.74 Å². The lowest BCUT2D eigenvalue weighted by Gasteiger charge is -2.30. The highest BCUT2D eigenvalue weighted by atomic mass is 16.5. The zero-order valence-electron chi connectivity index (χ0n) is 8.31. The first-order chi connectivity index (χ1) is 6.81. The summed E-state index contributed by atoms with van der Waals surface area (Å²) in [6.07, 6.45) is 4.86. The summed E-state index contributed by atoms with van der Waals surface area (Å²) in [6.45, 7) is 0. The number of hydrogen-bond donors (Lipinski definition) is 1. The molecule has 1 unspecified atom stereocenters. The molecule has 0 radical (unpaired) electrons. The Morgan fingerprint density at radius 2 is 2.29 bits per heavy atom. The van der Waals surface area contributed by atoms with Crippen LogP contribution in [0, 0.1) is 5.92 Å². The highest BCUT2D eigenvalue weighted by Gasteiger charge is 2.26. The summed E-state index contributed by atoms with van der Waals surface area (Å²) in [5.41, 5.74) is 0.899. The molecule has 3 nitrogen and oxygen atoms in total. The Morgan fingerprint density at radius 3 is 2.71 bits per heavy atom. The molecular formula is C11H15NO2. The molecule has 0 aromatic carbocycles. The molecule has 1 aromatic rings. The minimum atomic E-state index is -0.345. The third kappa shape index (κ3) is 1.73. The largest absolute Gasteiger partial charge is 0.481 e. The van der Waals surface area contributed by atoms with Gasteiger partial charge in [0.1, 0.15) is 0 Å². The summed E-state index contributed by atoms with van der Waals surface area (Å²) >= 11 is 0. The first-order valence-corrected chi connectivity index (χ1v) is 4.99. The van der Waals surface area contributed by atoms with E-state index in [1.165, 1.54) is 6.42 Å². The number of aliphatic hydroxyl groups is 1. The quantitative estimate of drug-likeness (QED) is 0.797. The monoisotopic (exact) mass is 193 g/mol. The maximum Gasteiger partial charge on any atom is 0.212 e. The molecule has 1 aliphatic carbocycles. The molecule has 0 amide bonds. The molecule has 1 fully saturated rings. The van der Waals surface area contributed by atoms with Crippen LogP contribution >= 0.6 is 0 Å². The Morgan fingerprint density at radius 1 is 1.50 bits per heavy atom. The van der Waals surface area contributed by atoms with Crippen molar-refractivity contribution in [3.05, 3.63) is 23.9 Å². The smallest absolute Gasteiger partial charge is 0.212 e. The van der Waals surface area contributed by atoms with Crippen LogP contribution in [0.15, 0.2) is 18.3 Å². The van der Waals surface area contributed by atoms with Gasteiger partial charge < -0.3 is 9.84 Å². The number of aromatic nitrogens is 1.